The Morgan fingerprint density at radius 1 is 1.59 bits per heavy atom. The largest absolute Gasteiger partial charge is 0.353 e. The Morgan fingerprint density at radius 2 is 2.29 bits per heavy atom. The number of carbonyl (C=O) groups excluding carboxylic acids is 1. The highest BCUT2D eigenvalue weighted by Crippen LogP contribution is 2.32. The molecule has 1 atom stereocenters. The van der Waals surface area contributed by atoms with Gasteiger partial charge in [-0.1, -0.05) is 17.7 Å². The van der Waals surface area contributed by atoms with E-state index in [-0.39, 0.29) is 23.9 Å². The molecule has 0 bridgehead atoms. The zero-order valence-corrected chi connectivity index (χ0v) is 10.4. The summed E-state index contributed by atoms with van der Waals surface area (Å²) in [7, 11) is 0. The number of nitrogens with one attached hydrogen (secondary N) is 1. The minimum Gasteiger partial charge on any atom is -0.353 e. The lowest BCUT2D eigenvalue weighted by Crippen LogP contribution is -2.35. The third-order valence-electron chi connectivity index (χ3n) is 3.12. The van der Waals surface area contributed by atoms with E-state index < -0.39 is 5.82 Å². The highest BCUT2D eigenvalue weighted by molar-refractivity contribution is 6.31. The second-order valence-corrected chi connectivity index (χ2v) is 4.98. The first-order valence-electron chi connectivity index (χ1n) is 5.80. The van der Waals surface area contributed by atoms with E-state index in [0.717, 1.165) is 0 Å². The van der Waals surface area contributed by atoms with Gasteiger partial charge in [-0.15, -0.1) is 0 Å². The normalized spacial score (nSPS) is 16.6. The first kappa shape index (κ1) is 12.4. The molecule has 0 spiro atoms. The maximum absolute atomic E-state index is 13.5. The molecule has 1 N–H and O–H groups in total. The van der Waals surface area contributed by atoms with Crippen molar-refractivity contribution in [2.24, 2.45) is 5.92 Å². The van der Waals surface area contributed by atoms with Gasteiger partial charge >= 0.3 is 0 Å². The quantitative estimate of drug-likeness (QED) is 0.881. The topological polar surface area (TPSA) is 29.1 Å². The summed E-state index contributed by atoms with van der Waals surface area (Å²) in [4.78, 5) is 11.7. The summed E-state index contributed by atoms with van der Waals surface area (Å²) in [5.74, 6) is -0.00170. The lowest BCUT2D eigenvalue weighted by Gasteiger charge is -2.13. The molecule has 0 radical (unpaired) electrons. The van der Waals surface area contributed by atoms with Crippen molar-refractivity contribution in [2.45, 2.75) is 32.2 Å². The third kappa shape index (κ3) is 3.19. The molecule has 1 aliphatic rings. The van der Waals surface area contributed by atoms with Crippen molar-refractivity contribution < 1.29 is 9.18 Å². The molecule has 0 heterocycles. The van der Waals surface area contributed by atoms with Crippen LogP contribution in [0.1, 0.15) is 25.3 Å². The van der Waals surface area contributed by atoms with Crippen molar-refractivity contribution in [3.8, 4) is 0 Å². The molecule has 1 aromatic carbocycles. The maximum atomic E-state index is 13.5. The van der Waals surface area contributed by atoms with Crippen LogP contribution in [0, 0.1) is 11.7 Å². The Hall–Kier alpha value is -1.09. The number of rotatable bonds is 4. The third-order valence-corrected chi connectivity index (χ3v) is 3.47. The molecule has 92 valence electrons. The lowest BCUT2D eigenvalue weighted by atomic mass is 10.1. The molecule has 0 aliphatic heterocycles. The Labute approximate surface area is 105 Å². The molecule has 2 nitrogen and oxygen atoms in total. The number of carbonyl (C=O) groups is 1. The molecule has 1 amide bonds. The van der Waals surface area contributed by atoms with Crippen molar-refractivity contribution in [3.05, 3.63) is 34.6 Å². The smallest absolute Gasteiger partial charge is 0.224 e. The number of benzene rings is 1. The SMILES string of the molecule is CC(NC(=O)Cc1c(F)cccc1Cl)C1CC1. The zero-order valence-electron chi connectivity index (χ0n) is 9.67. The van der Waals surface area contributed by atoms with Crippen molar-refractivity contribution in [1.29, 1.82) is 0 Å². The highest BCUT2D eigenvalue weighted by Gasteiger charge is 2.29. The van der Waals surface area contributed by atoms with Crippen LogP contribution in [0.5, 0.6) is 0 Å². The Kier molecular flexibility index (Phi) is 3.67. The van der Waals surface area contributed by atoms with Gasteiger partial charge in [-0.3, -0.25) is 4.79 Å². The van der Waals surface area contributed by atoms with Gasteiger partial charge in [-0.05, 0) is 37.8 Å². The molecule has 1 aromatic rings. The highest BCUT2D eigenvalue weighted by atomic mass is 35.5. The number of hydrogen-bond donors (Lipinski definition) is 1. The van der Waals surface area contributed by atoms with E-state index in [1.54, 1.807) is 6.07 Å². The molecule has 0 saturated heterocycles. The van der Waals surface area contributed by atoms with Gasteiger partial charge in [0.15, 0.2) is 0 Å². The first-order valence-corrected chi connectivity index (χ1v) is 6.18. The molecule has 1 unspecified atom stereocenters. The molecule has 0 aromatic heterocycles. The van der Waals surface area contributed by atoms with Crippen LogP contribution < -0.4 is 5.32 Å². The van der Waals surface area contributed by atoms with Crippen LogP contribution in [0.3, 0.4) is 0 Å². The van der Waals surface area contributed by atoms with Crippen molar-refractivity contribution in [2.75, 3.05) is 0 Å². The van der Waals surface area contributed by atoms with Gasteiger partial charge in [0, 0.05) is 16.6 Å². The fourth-order valence-corrected chi connectivity index (χ4v) is 2.11. The number of amides is 1. The summed E-state index contributed by atoms with van der Waals surface area (Å²) < 4.78 is 13.5. The second-order valence-electron chi connectivity index (χ2n) is 4.57. The average Bonchev–Trinajstić information content (AvgIpc) is 3.07. The van der Waals surface area contributed by atoms with Gasteiger partial charge in [0.25, 0.3) is 0 Å². The Morgan fingerprint density at radius 3 is 2.88 bits per heavy atom. The zero-order chi connectivity index (χ0) is 12.4. The molecule has 17 heavy (non-hydrogen) atoms. The van der Waals surface area contributed by atoms with E-state index in [1.807, 2.05) is 6.92 Å². The summed E-state index contributed by atoms with van der Waals surface area (Å²) in [6, 6.07) is 4.62. The molecule has 4 heteroatoms. The van der Waals surface area contributed by atoms with Crippen molar-refractivity contribution in [3.63, 3.8) is 0 Å². The van der Waals surface area contributed by atoms with Gasteiger partial charge in [-0.25, -0.2) is 4.39 Å². The molecule has 2 rings (SSSR count). The molecular formula is C13H15ClFNO. The van der Waals surface area contributed by atoms with Gasteiger partial charge in [0.2, 0.25) is 5.91 Å². The predicted octanol–water partition coefficient (Wildman–Crippen LogP) is 2.94. The van der Waals surface area contributed by atoms with Crippen molar-refractivity contribution >= 4 is 17.5 Å². The molecule has 1 fully saturated rings. The summed E-state index contributed by atoms with van der Waals surface area (Å²) in [5, 5.41) is 3.19. The predicted molar refractivity (Wildman–Crippen MR) is 65.4 cm³/mol. The fourth-order valence-electron chi connectivity index (χ4n) is 1.88. The summed E-state index contributed by atoms with van der Waals surface area (Å²) >= 11 is 5.87. The summed E-state index contributed by atoms with van der Waals surface area (Å²) in [5.41, 5.74) is 0.273. The molecule has 1 aliphatic carbocycles. The van der Waals surface area contributed by atoms with Crippen LogP contribution in [0.4, 0.5) is 4.39 Å². The summed E-state index contributed by atoms with van der Waals surface area (Å²) in [6.45, 7) is 1.98. The summed E-state index contributed by atoms with van der Waals surface area (Å²) in [6.07, 6.45) is 2.34. The van der Waals surface area contributed by atoms with E-state index in [9.17, 15) is 9.18 Å². The van der Waals surface area contributed by atoms with E-state index in [4.69, 9.17) is 11.6 Å². The van der Waals surface area contributed by atoms with Gasteiger partial charge < -0.3 is 5.32 Å². The Bertz CT molecular complexity index is 411. The standard InChI is InChI=1S/C13H15ClFNO/c1-8(9-5-6-9)16-13(17)7-10-11(14)3-2-4-12(10)15/h2-4,8-9H,5-7H2,1H3,(H,16,17). The van der Waals surface area contributed by atoms with Crippen LogP contribution in [0.2, 0.25) is 5.02 Å². The molecular weight excluding hydrogens is 241 g/mol. The number of hydrogen-bond acceptors (Lipinski definition) is 1. The van der Waals surface area contributed by atoms with E-state index in [0.29, 0.717) is 10.9 Å². The monoisotopic (exact) mass is 255 g/mol. The van der Waals surface area contributed by atoms with Crippen LogP contribution in [0.15, 0.2) is 18.2 Å². The molecule has 1 saturated carbocycles. The lowest BCUT2D eigenvalue weighted by molar-refractivity contribution is -0.121. The van der Waals surface area contributed by atoms with Crippen LogP contribution in [0.25, 0.3) is 0 Å². The minimum atomic E-state index is -0.424. The van der Waals surface area contributed by atoms with E-state index >= 15 is 0 Å². The minimum absolute atomic E-state index is 0.00255. The maximum Gasteiger partial charge on any atom is 0.224 e. The van der Waals surface area contributed by atoms with Gasteiger partial charge in [0.1, 0.15) is 5.82 Å². The fraction of sp³-hybridized carbons (Fsp3) is 0.462. The van der Waals surface area contributed by atoms with Crippen molar-refractivity contribution in [1.82, 2.24) is 5.32 Å². The van der Waals surface area contributed by atoms with Crippen LogP contribution in [-0.4, -0.2) is 11.9 Å². The van der Waals surface area contributed by atoms with E-state index in [2.05, 4.69) is 5.32 Å². The van der Waals surface area contributed by atoms with Crippen LogP contribution in [-0.2, 0) is 11.2 Å². The van der Waals surface area contributed by atoms with E-state index in [1.165, 1.54) is 25.0 Å². The first-order chi connectivity index (χ1) is 8.08. The van der Waals surface area contributed by atoms with Crippen LogP contribution >= 0.6 is 11.6 Å². The Balaban J connectivity index is 1.97. The van der Waals surface area contributed by atoms with Gasteiger partial charge in [-0.2, -0.15) is 0 Å². The van der Waals surface area contributed by atoms with Gasteiger partial charge in [0.05, 0.1) is 6.42 Å². The average molecular weight is 256 g/mol. The second kappa shape index (κ2) is 5.05. The number of halogens is 2.